The lowest BCUT2D eigenvalue weighted by molar-refractivity contribution is 1.24. The van der Waals surface area contributed by atoms with Crippen LogP contribution in [-0.2, 0) is 6.42 Å². The number of benzene rings is 1. The second-order valence-corrected chi connectivity index (χ2v) is 4.95. The quantitative estimate of drug-likeness (QED) is 0.885. The highest BCUT2D eigenvalue weighted by molar-refractivity contribution is 7.16. The molecule has 4 heteroatoms. The monoisotopic (exact) mass is 248 g/mol. The van der Waals surface area contributed by atoms with Crippen LogP contribution in [0.25, 0.3) is 0 Å². The maximum absolute atomic E-state index is 8.80. The molecule has 2 rings (SSSR count). The molecule has 1 aromatic heterocycles. The zero-order chi connectivity index (χ0) is 11.5. The van der Waals surface area contributed by atoms with Crippen molar-refractivity contribution in [3.05, 3.63) is 51.4 Å². The first-order chi connectivity index (χ1) is 7.70. The summed E-state index contributed by atoms with van der Waals surface area (Å²) >= 11 is 7.50. The normalized spacial score (nSPS) is 10.0. The molecule has 2 N–H and O–H groups in total. The van der Waals surface area contributed by atoms with Gasteiger partial charge in [-0.05, 0) is 17.7 Å². The summed E-state index contributed by atoms with van der Waals surface area (Å²) < 4.78 is 0. The molecule has 2 aromatic rings. The topological polar surface area (TPSA) is 49.8 Å². The van der Waals surface area contributed by atoms with Gasteiger partial charge >= 0.3 is 0 Å². The Bertz CT molecular complexity index is 554. The molecule has 0 atom stereocenters. The molecule has 1 heterocycles. The second kappa shape index (κ2) is 4.56. The van der Waals surface area contributed by atoms with Crippen molar-refractivity contribution < 1.29 is 0 Å². The fourth-order valence-electron chi connectivity index (χ4n) is 1.46. The zero-order valence-corrected chi connectivity index (χ0v) is 9.98. The largest absolute Gasteiger partial charge is 0.389 e. The van der Waals surface area contributed by atoms with Gasteiger partial charge in [0, 0.05) is 16.3 Å². The van der Waals surface area contributed by atoms with E-state index in [1.165, 1.54) is 11.3 Å². The van der Waals surface area contributed by atoms with Crippen molar-refractivity contribution in [3.63, 3.8) is 0 Å². The molecule has 16 heavy (non-hydrogen) atoms. The number of nitrogens with two attached hydrogens (primary N) is 1. The van der Waals surface area contributed by atoms with Crippen molar-refractivity contribution in [2.45, 2.75) is 6.42 Å². The van der Waals surface area contributed by atoms with E-state index in [1.54, 1.807) is 0 Å². The van der Waals surface area contributed by atoms with Crippen LogP contribution in [0.15, 0.2) is 30.3 Å². The SMILES string of the molecule is N#Cc1cc(Cc2ccccc2Cl)sc1N. The van der Waals surface area contributed by atoms with Crippen molar-refractivity contribution in [3.8, 4) is 6.07 Å². The standard InChI is InChI=1S/C12H9ClN2S/c13-11-4-2-1-3-8(11)5-10-6-9(7-14)12(15)16-10/h1-4,6H,5,15H2. The van der Waals surface area contributed by atoms with Crippen LogP contribution in [0.3, 0.4) is 0 Å². The third-order valence-corrected chi connectivity index (χ3v) is 3.59. The van der Waals surface area contributed by atoms with Crippen LogP contribution in [0, 0.1) is 11.3 Å². The van der Waals surface area contributed by atoms with Gasteiger partial charge in [-0.25, -0.2) is 0 Å². The number of nitrogens with zero attached hydrogens (tertiary/aromatic N) is 1. The Balaban J connectivity index is 2.28. The van der Waals surface area contributed by atoms with Crippen molar-refractivity contribution in [2.75, 3.05) is 5.73 Å². The maximum atomic E-state index is 8.80. The van der Waals surface area contributed by atoms with Crippen molar-refractivity contribution in [1.29, 1.82) is 5.26 Å². The van der Waals surface area contributed by atoms with Gasteiger partial charge in [0.2, 0.25) is 0 Å². The van der Waals surface area contributed by atoms with Crippen LogP contribution in [0.4, 0.5) is 5.00 Å². The summed E-state index contributed by atoms with van der Waals surface area (Å²) in [6.45, 7) is 0. The number of anilines is 1. The molecule has 0 aliphatic heterocycles. The van der Waals surface area contributed by atoms with E-state index in [1.807, 2.05) is 30.3 Å². The number of hydrogen-bond donors (Lipinski definition) is 1. The van der Waals surface area contributed by atoms with E-state index < -0.39 is 0 Å². The minimum Gasteiger partial charge on any atom is -0.389 e. The van der Waals surface area contributed by atoms with Crippen molar-refractivity contribution >= 4 is 27.9 Å². The van der Waals surface area contributed by atoms with Crippen molar-refractivity contribution in [1.82, 2.24) is 0 Å². The summed E-state index contributed by atoms with van der Waals surface area (Å²) in [5, 5.41) is 10.1. The Morgan fingerprint density at radius 2 is 2.12 bits per heavy atom. The molecule has 2 nitrogen and oxygen atoms in total. The number of nitrogen functional groups attached to an aromatic ring is 1. The number of halogens is 1. The summed E-state index contributed by atoms with van der Waals surface area (Å²) in [6.07, 6.45) is 0.718. The number of nitriles is 1. The molecule has 0 aliphatic carbocycles. The van der Waals surface area contributed by atoms with Gasteiger partial charge in [-0.3, -0.25) is 0 Å². The van der Waals surface area contributed by atoms with Gasteiger partial charge in [0.1, 0.15) is 11.1 Å². The van der Waals surface area contributed by atoms with Crippen LogP contribution in [-0.4, -0.2) is 0 Å². The highest BCUT2D eigenvalue weighted by atomic mass is 35.5. The van der Waals surface area contributed by atoms with E-state index in [0.29, 0.717) is 10.6 Å². The van der Waals surface area contributed by atoms with E-state index in [2.05, 4.69) is 6.07 Å². The van der Waals surface area contributed by atoms with Crippen LogP contribution in [0.2, 0.25) is 5.02 Å². The summed E-state index contributed by atoms with van der Waals surface area (Å²) in [5.41, 5.74) is 7.31. The van der Waals surface area contributed by atoms with Crippen molar-refractivity contribution in [2.24, 2.45) is 0 Å². The maximum Gasteiger partial charge on any atom is 0.104 e. The third kappa shape index (κ3) is 2.19. The molecular weight excluding hydrogens is 240 g/mol. The fraction of sp³-hybridized carbons (Fsp3) is 0.0833. The van der Waals surface area contributed by atoms with E-state index >= 15 is 0 Å². The lowest BCUT2D eigenvalue weighted by Gasteiger charge is -2.00. The average molecular weight is 249 g/mol. The average Bonchev–Trinajstić information content (AvgIpc) is 2.62. The van der Waals surface area contributed by atoms with Gasteiger partial charge in [-0.1, -0.05) is 29.8 Å². The van der Waals surface area contributed by atoms with Gasteiger partial charge in [0.15, 0.2) is 0 Å². The summed E-state index contributed by atoms with van der Waals surface area (Å²) in [7, 11) is 0. The van der Waals surface area contributed by atoms with E-state index in [9.17, 15) is 0 Å². The summed E-state index contributed by atoms with van der Waals surface area (Å²) in [6, 6.07) is 11.6. The van der Waals surface area contributed by atoms with Gasteiger partial charge < -0.3 is 5.73 Å². The highest BCUT2D eigenvalue weighted by Crippen LogP contribution is 2.28. The molecule has 1 aromatic carbocycles. The first kappa shape index (κ1) is 11.0. The van der Waals surface area contributed by atoms with Crippen LogP contribution in [0.5, 0.6) is 0 Å². The van der Waals surface area contributed by atoms with E-state index in [-0.39, 0.29) is 0 Å². The lowest BCUT2D eigenvalue weighted by atomic mass is 10.1. The third-order valence-electron chi connectivity index (χ3n) is 2.25. The molecule has 0 radical (unpaired) electrons. The fourth-order valence-corrected chi connectivity index (χ4v) is 2.57. The molecule has 0 unspecified atom stereocenters. The van der Waals surface area contributed by atoms with Gasteiger partial charge in [0.05, 0.1) is 5.56 Å². The molecule has 0 spiro atoms. The Kier molecular flexibility index (Phi) is 3.14. The highest BCUT2D eigenvalue weighted by Gasteiger charge is 2.07. The summed E-state index contributed by atoms with van der Waals surface area (Å²) in [4.78, 5) is 1.06. The molecule has 0 saturated heterocycles. The predicted molar refractivity (Wildman–Crippen MR) is 67.7 cm³/mol. The molecule has 0 fully saturated rings. The minimum absolute atomic E-state index is 0.548. The van der Waals surface area contributed by atoms with Gasteiger partial charge in [0.25, 0.3) is 0 Å². The molecule has 0 saturated carbocycles. The van der Waals surface area contributed by atoms with Crippen LogP contribution >= 0.6 is 22.9 Å². The Hall–Kier alpha value is -1.50. The molecular formula is C12H9ClN2S. The summed E-state index contributed by atoms with van der Waals surface area (Å²) in [5.74, 6) is 0. The Labute approximate surface area is 103 Å². The van der Waals surface area contributed by atoms with Crippen LogP contribution in [0.1, 0.15) is 16.0 Å². The number of rotatable bonds is 2. The van der Waals surface area contributed by atoms with E-state index in [4.69, 9.17) is 22.6 Å². The molecule has 0 amide bonds. The Morgan fingerprint density at radius 3 is 2.75 bits per heavy atom. The van der Waals surface area contributed by atoms with Gasteiger partial charge in [-0.15, -0.1) is 11.3 Å². The molecule has 80 valence electrons. The number of thiophene rings is 1. The van der Waals surface area contributed by atoms with Gasteiger partial charge in [-0.2, -0.15) is 5.26 Å². The first-order valence-electron chi connectivity index (χ1n) is 4.72. The Morgan fingerprint density at radius 1 is 1.38 bits per heavy atom. The predicted octanol–water partition coefficient (Wildman–Crippen LogP) is 3.45. The smallest absolute Gasteiger partial charge is 0.104 e. The first-order valence-corrected chi connectivity index (χ1v) is 5.92. The second-order valence-electron chi connectivity index (χ2n) is 3.37. The molecule has 0 aliphatic rings. The zero-order valence-electron chi connectivity index (χ0n) is 8.40. The lowest BCUT2D eigenvalue weighted by Crippen LogP contribution is -1.85. The number of hydrogen-bond acceptors (Lipinski definition) is 3. The molecule has 0 bridgehead atoms. The minimum atomic E-state index is 0.548. The van der Waals surface area contributed by atoms with E-state index in [0.717, 1.165) is 21.9 Å². The van der Waals surface area contributed by atoms with Crippen LogP contribution < -0.4 is 5.73 Å².